The van der Waals surface area contributed by atoms with Crippen LogP contribution in [0.3, 0.4) is 0 Å². The smallest absolute Gasteiger partial charge is 0.303 e. The van der Waals surface area contributed by atoms with Crippen LogP contribution < -0.4 is 0 Å². The molecular weight excluding hydrogens is 268 g/mol. The molecule has 0 spiro atoms. The van der Waals surface area contributed by atoms with E-state index in [1.807, 2.05) is 6.92 Å². The highest BCUT2D eigenvalue weighted by Crippen LogP contribution is 2.17. The Morgan fingerprint density at radius 1 is 0.857 bits per heavy atom. The molecule has 0 aromatic carbocycles. The van der Waals surface area contributed by atoms with Crippen LogP contribution in [-0.2, 0) is 4.79 Å². The first-order valence-corrected chi connectivity index (χ1v) is 8.51. The van der Waals surface area contributed by atoms with Crippen molar-refractivity contribution in [3.63, 3.8) is 0 Å². The van der Waals surface area contributed by atoms with Gasteiger partial charge in [-0.2, -0.15) is 0 Å². The lowest BCUT2D eigenvalue weighted by Gasteiger charge is -2.19. The number of hydrogen-bond donors (Lipinski definition) is 3. The Hall–Kier alpha value is -0.610. The van der Waals surface area contributed by atoms with Gasteiger partial charge in [0.15, 0.2) is 0 Å². The molecule has 0 aliphatic carbocycles. The van der Waals surface area contributed by atoms with Gasteiger partial charge in [0.2, 0.25) is 0 Å². The number of aliphatic hydroxyl groups is 2. The molecule has 0 aromatic heterocycles. The highest BCUT2D eigenvalue weighted by Gasteiger charge is 2.15. The zero-order valence-electron chi connectivity index (χ0n) is 13.8. The number of carboxylic acid groups (broad SMARTS) is 1. The van der Waals surface area contributed by atoms with Crippen LogP contribution in [0.4, 0.5) is 0 Å². The fourth-order valence-corrected chi connectivity index (χ4v) is 2.67. The molecule has 21 heavy (non-hydrogen) atoms. The summed E-state index contributed by atoms with van der Waals surface area (Å²) in [5, 5.41) is 27.8. The maximum Gasteiger partial charge on any atom is 0.303 e. The summed E-state index contributed by atoms with van der Waals surface area (Å²) in [5.74, 6) is -0.530. The van der Waals surface area contributed by atoms with Crippen molar-refractivity contribution in [1.82, 2.24) is 0 Å². The van der Waals surface area contributed by atoms with Crippen molar-refractivity contribution in [2.75, 3.05) is 0 Å². The lowest BCUT2D eigenvalue weighted by molar-refractivity contribution is -0.137. The lowest BCUT2D eigenvalue weighted by Crippen LogP contribution is -2.21. The van der Waals surface area contributed by atoms with Crippen molar-refractivity contribution in [1.29, 1.82) is 0 Å². The fourth-order valence-electron chi connectivity index (χ4n) is 2.67. The minimum Gasteiger partial charge on any atom is -0.481 e. The molecule has 0 aliphatic heterocycles. The second-order valence-corrected chi connectivity index (χ2v) is 6.39. The molecule has 0 rings (SSSR count). The molecule has 3 N–H and O–H groups in total. The van der Waals surface area contributed by atoms with Crippen LogP contribution in [0.2, 0.25) is 0 Å². The highest BCUT2D eigenvalue weighted by atomic mass is 16.4. The highest BCUT2D eigenvalue weighted by molar-refractivity contribution is 5.66. The number of aliphatic carboxylic acids is 1. The molecule has 4 nitrogen and oxygen atoms in total. The molecular formula is C17H34O4. The lowest BCUT2D eigenvalue weighted by atomic mass is 9.94. The van der Waals surface area contributed by atoms with E-state index in [1.54, 1.807) is 6.92 Å². The third-order valence-electron chi connectivity index (χ3n) is 4.01. The van der Waals surface area contributed by atoms with Gasteiger partial charge >= 0.3 is 5.97 Å². The first kappa shape index (κ1) is 20.4. The van der Waals surface area contributed by atoms with Gasteiger partial charge in [-0.25, -0.2) is 0 Å². The Balaban J connectivity index is 3.30. The topological polar surface area (TPSA) is 77.8 Å². The summed E-state index contributed by atoms with van der Waals surface area (Å²) >= 11 is 0. The predicted octanol–water partition coefficient (Wildman–Crippen LogP) is 3.74. The van der Waals surface area contributed by atoms with Gasteiger partial charge in [0.1, 0.15) is 0 Å². The van der Waals surface area contributed by atoms with Gasteiger partial charge in [-0.3, -0.25) is 4.79 Å². The van der Waals surface area contributed by atoms with Crippen LogP contribution >= 0.6 is 0 Å². The molecule has 0 amide bonds. The monoisotopic (exact) mass is 302 g/mol. The molecule has 0 bridgehead atoms. The molecule has 3 atom stereocenters. The van der Waals surface area contributed by atoms with E-state index in [2.05, 4.69) is 0 Å². The Bertz CT molecular complexity index is 253. The van der Waals surface area contributed by atoms with Crippen LogP contribution in [-0.4, -0.2) is 33.5 Å². The number of aliphatic hydroxyl groups excluding tert-OH is 2. The summed E-state index contributed by atoms with van der Waals surface area (Å²) < 4.78 is 0. The van der Waals surface area contributed by atoms with E-state index in [9.17, 15) is 15.0 Å². The zero-order valence-corrected chi connectivity index (χ0v) is 13.8. The van der Waals surface area contributed by atoms with Crippen molar-refractivity contribution < 1.29 is 20.1 Å². The van der Waals surface area contributed by atoms with Crippen LogP contribution in [0, 0.1) is 5.92 Å². The van der Waals surface area contributed by atoms with Gasteiger partial charge in [0.25, 0.3) is 0 Å². The van der Waals surface area contributed by atoms with Crippen molar-refractivity contribution >= 4 is 5.97 Å². The molecule has 0 saturated heterocycles. The van der Waals surface area contributed by atoms with E-state index in [1.165, 1.54) is 19.3 Å². The number of carbonyl (C=O) groups is 1. The molecule has 3 unspecified atom stereocenters. The van der Waals surface area contributed by atoms with Gasteiger partial charge in [0.05, 0.1) is 12.2 Å². The molecule has 4 heteroatoms. The van der Waals surface area contributed by atoms with E-state index in [0.29, 0.717) is 12.8 Å². The molecule has 126 valence electrons. The van der Waals surface area contributed by atoms with Crippen LogP contribution in [0.5, 0.6) is 0 Å². The van der Waals surface area contributed by atoms with E-state index < -0.39 is 5.97 Å². The molecule has 0 saturated carbocycles. The van der Waals surface area contributed by atoms with E-state index in [4.69, 9.17) is 5.11 Å². The maximum atomic E-state index is 10.3. The minimum atomic E-state index is -0.696. The average molecular weight is 302 g/mol. The van der Waals surface area contributed by atoms with Gasteiger partial charge in [0, 0.05) is 6.42 Å². The first-order chi connectivity index (χ1) is 9.93. The Morgan fingerprint density at radius 2 is 1.33 bits per heavy atom. The molecule has 0 aromatic rings. The summed E-state index contributed by atoms with van der Waals surface area (Å²) in [6.45, 7) is 3.76. The van der Waals surface area contributed by atoms with E-state index in [0.717, 1.165) is 38.5 Å². The largest absolute Gasteiger partial charge is 0.481 e. The van der Waals surface area contributed by atoms with Crippen molar-refractivity contribution in [3.8, 4) is 0 Å². The SMILES string of the molecule is CC(O)CC(C)C(O)CCCCCCCCCCC(=O)O. The Kier molecular flexibility index (Phi) is 12.7. The van der Waals surface area contributed by atoms with Crippen molar-refractivity contribution in [3.05, 3.63) is 0 Å². The van der Waals surface area contributed by atoms with Crippen LogP contribution in [0.15, 0.2) is 0 Å². The van der Waals surface area contributed by atoms with Gasteiger partial charge in [-0.15, -0.1) is 0 Å². The number of unbranched alkanes of at least 4 members (excludes halogenated alkanes) is 7. The maximum absolute atomic E-state index is 10.3. The van der Waals surface area contributed by atoms with Crippen molar-refractivity contribution in [2.24, 2.45) is 5.92 Å². The Labute approximate surface area is 129 Å². The predicted molar refractivity (Wildman–Crippen MR) is 85.3 cm³/mol. The number of rotatable bonds is 14. The first-order valence-electron chi connectivity index (χ1n) is 8.51. The molecule has 0 aliphatic rings. The number of hydrogen-bond acceptors (Lipinski definition) is 3. The minimum absolute atomic E-state index is 0.166. The van der Waals surface area contributed by atoms with Crippen LogP contribution in [0.25, 0.3) is 0 Å². The second-order valence-electron chi connectivity index (χ2n) is 6.39. The van der Waals surface area contributed by atoms with Crippen molar-refractivity contribution in [2.45, 2.75) is 96.7 Å². The summed E-state index contributed by atoms with van der Waals surface area (Å²) in [6.07, 6.45) is 9.85. The number of carboxylic acids is 1. The third kappa shape index (κ3) is 14.1. The quantitative estimate of drug-likeness (QED) is 0.427. The second kappa shape index (κ2) is 13.1. The van der Waals surface area contributed by atoms with Gasteiger partial charge in [-0.1, -0.05) is 51.9 Å². The van der Waals surface area contributed by atoms with Gasteiger partial charge in [-0.05, 0) is 32.1 Å². The average Bonchev–Trinajstić information content (AvgIpc) is 2.39. The van der Waals surface area contributed by atoms with E-state index >= 15 is 0 Å². The summed E-state index contributed by atoms with van der Waals surface area (Å²) in [4.78, 5) is 10.3. The summed E-state index contributed by atoms with van der Waals surface area (Å²) in [5.41, 5.74) is 0. The van der Waals surface area contributed by atoms with Crippen LogP contribution in [0.1, 0.15) is 84.5 Å². The zero-order chi connectivity index (χ0) is 16.1. The Morgan fingerprint density at radius 3 is 1.81 bits per heavy atom. The standard InChI is InChI=1S/C17H34O4/c1-14(13-15(2)18)16(19)11-9-7-5-3-4-6-8-10-12-17(20)21/h14-16,18-19H,3-13H2,1-2H3,(H,20,21). The molecule has 0 radical (unpaired) electrons. The van der Waals surface area contributed by atoms with Gasteiger partial charge < -0.3 is 15.3 Å². The third-order valence-corrected chi connectivity index (χ3v) is 4.01. The molecule has 0 heterocycles. The summed E-state index contributed by atoms with van der Waals surface area (Å²) in [6, 6.07) is 0. The normalized spacial score (nSPS) is 15.6. The summed E-state index contributed by atoms with van der Waals surface area (Å²) in [7, 11) is 0. The molecule has 0 fully saturated rings. The fraction of sp³-hybridized carbons (Fsp3) is 0.941. The van der Waals surface area contributed by atoms with E-state index in [-0.39, 0.29) is 18.1 Å².